The number of para-hydroxylation sites is 1. The molecule has 8 heteroatoms. The van der Waals surface area contributed by atoms with Crippen LogP contribution in [0.15, 0.2) is 75.8 Å². The minimum atomic E-state index is -0.692. The van der Waals surface area contributed by atoms with Crippen LogP contribution in [0, 0.1) is 24.7 Å². The van der Waals surface area contributed by atoms with E-state index < -0.39 is 23.7 Å². The minimum Gasteiger partial charge on any atom is -0.508 e. The standard InChI is InChI=1S/C29H21BrClNO5/c1-13-6-7-14(10-21(13)31)32-28(36)17-9-8-15-18(25(17)29(32)37)11-19-26(23(34)12-20(30)27(19)35)24(15)16-4-2-3-5-22(16)33/h2-8,10,12,17-18,24-25,33H,9,11H2,1H3/t17-,18+,24+,25-/m0/s1. The quantitative estimate of drug-likeness (QED) is 0.296. The van der Waals surface area contributed by atoms with Crippen LogP contribution in [0.25, 0.3) is 0 Å². The zero-order chi connectivity index (χ0) is 26.2. The molecule has 2 aromatic carbocycles. The molecular formula is C29H21BrClNO5. The molecule has 0 spiro atoms. The number of imide groups is 1. The molecule has 186 valence electrons. The molecule has 4 aliphatic rings. The van der Waals surface area contributed by atoms with Gasteiger partial charge in [0.25, 0.3) is 0 Å². The number of ketones is 2. The number of carbonyl (C=O) groups excluding carboxylic acids is 4. The molecule has 1 N–H and O–H groups in total. The van der Waals surface area contributed by atoms with E-state index in [1.54, 1.807) is 42.5 Å². The molecule has 4 atom stereocenters. The molecule has 37 heavy (non-hydrogen) atoms. The lowest BCUT2D eigenvalue weighted by Crippen LogP contribution is -2.39. The number of Topliss-reactive ketones (excluding diaryl/α,β-unsaturated/α-hetero) is 1. The van der Waals surface area contributed by atoms with E-state index in [1.807, 2.05) is 13.0 Å². The van der Waals surface area contributed by atoms with E-state index in [4.69, 9.17) is 11.6 Å². The second-order valence-electron chi connectivity index (χ2n) is 9.90. The molecule has 1 fully saturated rings. The Morgan fingerprint density at radius 1 is 1.03 bits per heavy atom. The summed E-state index contributed by atoms with van der Waals surface area (Å²) in [4.78, 5) is 55.1. The fourth-order valence-corrected chi connectivity index (χ4v) is 6.89. The van der Waals surface area contributed by atoms with Gasteiger partial charge in [-0.3, -0.25) is 19.2 Å². The van der Waals surface area contributed by atoms with Crippen molar-refractivity contribution in [2.24, 2.45) is 17.8 Å². The average molecular weight is 579 g/mol. The van der Waals surface area contributed by atoms with Crippen LogP contribution in [0.2, 0.25) is 5.02 Å². The Kier molecular flexibility index (Phi) is 5.62. The van der Waals surface area contributed by atoms with Crippen LogP contribution in [0.3, 0.4) is 0 Å². The number of aromatic hydroxyl groups is 1. The maximum Gasteiger partial charge on any atom is 0.238 e. The van der Waals surface area contributed by atoms with E-state index in [0.717, 1.165) is 11.1 Å². The second-order valence-corrected chi connectivity index (χ2v) is 11.2. The Labute approximate surface area is 226 Å². The van der Waals surface area contributed by atoms with Gasteiger partial charge < -0.3 is 5.11 Å². The number of carbonyl (C=O) groups is 4. The molecule has 0 saturated carbocycles. The van der Waals surface area contributed by atoms with Crippen molar-refractivity contribution in [1.82, 2.24) is 0 Å². The van der Waals surface area contributed by atoms with Crippen molar-refractivity contribution < 1.29 is 24.3 Å². The van der Waals surface area contributed by atoms with Crippen molar-refractivity contribution >= 4 is 56.6 Å². The molecule has 0 bridgehead atoms. The van der Waals surface area contributed by atoms with Crippen molar-refractivity contribution in [3.05, 3.63) is 92.0 Å². The fraction of sp³-hybridized carbons (Fsp3) is 0.241. The van der Waals surface area contributed by atoms with Gasteiger partial charge in [0.1, 0.15) is 5.75 Å². The van der Waals surface area contributed by atoms with Crippen molar-refractivity contribution in [1.29, 1.82) is 0 Å². The van der Waals surface area contributed by atoms with Gasteiger partial charge >= 0.3 is 0 Å². The van der Waals surface area contributed by atoms with Crippen LogP contribution in [-0.2, 0) is 19.2 Å². The number of anilines is 1. The third-order valence-electron chi connectivity index (χ3n) is 7.99. The number of benzene rings is 2. The summed E-state index contributed by atoms with van der Waals surface area (Å²) in [5.74, 6) is -3.68. The van der Waals surface area contributed by atoms with Gasteiger partial charge in [-0.15, -0.1) is 0 Å². The fourth-order valence-electron chi connectivity index (χ4n) is 6.27. The predicted molar refractivity (Wildman–Crippen MR) is 141 cm³/mol. The summed E-state index contributed by atoms with van der Waals surface area (Å²) >= 11 is 9.52. The molecule has 6 nitrogen and oxygen atoms in total. The number of fused-ring (bicyclic) bond motifs is 3. The number of aryl methyl sites for hydroxylation is 1. The number of hydrogen-bond donors (Lipinski definition) is 1. The Hall–Kier alpha value is -3.29. The highest BCUT2D eigenvalue weighted by molar-refractivity contribution is 9.12. The Morgan fingerprint density at radius 3 is 2.51 bits per heavy atom. The molecule has 0 aromatic heterocycles. The van der Waals surface area contributed by atoms with Crippen LogP contribution in [0.5, 0.6) is 5.75 Å². The molecule has 0 unspecified atom stereocenters. The van der Waals surface area contributed by atoms with E-state index in [9.17, 15) is 24.3 Å². The van der Waals surface area contributed by atoms with Crippen LogP contribution in [-0.4, -0.2) is 28.5 Å². The van der Waals surface area contributed by atoms with E-state index in [2.05, 4.69) is 15.9 Å². The summed E-state index contributed by atoms with van der Waals surface area (Å²) in [5, 5.41) is 11.2. The van der Waals surface area contributed by atoms with Gasteiger partial charge in [-0.2, -0.15) is 0 Å². The summed E-state index contributed by atoms with van der Waals surface area (Å²) in [6.45, 7) is 1.84. The zero-order valence-electron chi connectivity index (χ0n) is 19.7. The van der Waals surface area contributed by atoms with Crippen molar-refractivity contribution in [3.63, 3.8) is 0 Å². The van der Waals surface area contributed by atoms with Crippen LogP contribution in [0.1, 0.15) is 29.9 Å². The SMILES string of the molecule is Cc1ccc(N2C(=O)[C@H]3[C@H](CC=C4[C@H](c5ccccc5O)C5=C(C[C@H]43)C(=O)C(Br)=CC5=O)C2=O)cc1Cl. The zero-order valence-corrected chi connectivity index (χ0v) is 22.0. The number of nitrogens with zero attached hydrogens (tertiary/aromatic N) is 1. The minimum absolute atomic E-state index is 0.00152. The first-order valence-electron chi connectivity index (χ1n) is 12.0. The molecule has 1 saturated heterocycles. The largest absolute Gasteiger partial charge is 0.508 e. The summed E-state index contributed by atoms with van der Waals surface area (Å²) < 4.78 is 0.164. The summed E-state index contributed by atoms with van der Waals surface area (Å²) in [7, 11) is 0. The maximum atomic E-state index is 13.9. The number of allylic oxidation sites excluding steroid dienone is 6. The number of amides is 2. The van der Waals surface area contributed by atoms with Crippen molar-refractivity contribution in [2.45, 2.75) is 25.7 Å². The highest BCUT2D eigenvalue weighted by Crippen LogP contribution is 2.56. The van der Waals surface area contributed by atoms with E-state index in [-0.39, 0.29) is 40.0 Å². The van der Waals surface area contributed by atoms with Crippen molar-refractivity contribution in [3.8, 4) is 5.75 Å². The third-order valence-corrected chi connectivity index (χ3v) is 8.99. The summed E-state index contributed by atoms with van der Waals surface area (Å²) in [6.07, 6.45) is 3.69. The van der Waals surface area contributed by atoms with Gasteiger partial charge in [-0.25, -0.2) is 4.90 Å². The normalized spacial score (nSPS) is 27.1. The second kappa shape index (κ2) is 8.64. The van der Waals surface area contributed by atoms with Gasteiger partial charge in [-0.05, 0) is 65.4 Å². The van der Waals surface area contributed by atoms with Gasteiger partial charge in [0.05, 0.1) is 22.0 Å². The molecule has 0 radical (unpaired) electrons. The van der Waals surface area contributed by atoms with Gasteiger partial charge in [0, 0.05) is 33.7 Å². The van der Waals surface area contributed by atoms with Gasteiger partial charge in [0.2, 0.25) is 11.8 Å². The first-order chi connectivity index (χ1) is 17.7. The third kappa shape index (κ3) is 3.51. The van der Waals surface area contributed by atoms with Gasteiger partial charge in [0.15, 0.2) is 11.6 Å². The first-order valence-corrected chi connectivity index (χ1v) is 13.2. The highest BCUT2D eigenvalue weighted by atomic mass is 79.9. The van der Waals surface area contributed by atoms with Crippen LogP contribution in [0.4, 0.5) is 5.69 Å². The van der Waals surface area contributed by atoms with E-state index in [0.29, 0.717) is 33.8 Å². The van der Waals surface area contributed by atoms with E-state index in [1.165, 1.54) is 11.0 Å². The summed E-state index contributed by atoms with van der Waals surface area (Å²) in [6, 6.07) is 11.8. The lowest BCUT2D eigenvalue weighted by atomic mass is 9.59. The Bertz CT molecular complexity index is 1540. The number of phenolic OH excluding ortho intramolecular Hbond substituents is 1. The molecule has 3 aliphatic carbocycles. The number of rotatable bonds is 2. The molecule has 1 aliphatic heterocycles. The molecule has 2 amide bonds. The lowest BCUT2D eigenvalue weighted by Gasteiger charge is -2.42. The smallest absolute Gasteiger partial charge is 0.238 e. The number of hydrogen-bond acceptors (Lipinski definition) is 5. The monoisotopic (exact) mass is 577 g/mol. The topological polar surface area (TPSA) is 91.8 Å². The molecule has 6 rings (SSSR count). The maximum absolute atomic E-state index is 13.9. The highest BCUT2D eigenvalue weighted by Gasteiger charge is 2.56. The number of phenols is 1. The van der Waals surface area contributed by atoms with Gasteiger partial charge in [-0.1, -0.05) is 47.5 Å². The summed E-state index contributed by atoms with van der Waals surface area (Å²) in [5.41, 5.74) is 3.20. The Balaban J connectivity index is 1.49. The predicted octanol–water partition coefficient (Wildman–Crippen LogP) is 5.32. The molecule has 1 heterocycles. The van der Waals surface area contributed by atoms with E-state index >= 15 is 0 Å². The average Bonchev–Trinajstić information content (AvgIpc) is 3.13. The van der Waals surface area contributed by atoms with Crippen molar-refractivity contribution in [2.75, 3.05) is 4.90 Å². The molecular weight excluding hydrogens is 558 g/mol. The molecule has 2 aromatic rings. The number of halogens is 2. The Morgan fingerprint density at radius 2 is 1.78 bits per heavy atom. The first kappa shape index (κ1) is 24.1. The van der Waals surface area contributed by atoms with Crippen LogP contribution >= 0.6 is 27.5 Å². The van der Waals surface area contributed by atoms with Crippen LogP contribution < -0.4 is 4.90 Å². The lowest BCUT2D eigenvalue weighted by molar-refractivity contribution is -0.123.